The second-order valence-electron chi connectivity index (χ2n) is 3.54. The van der Waals surface area contributed by atoms with E-state index in [1.807, 2.05) is 0 Å². The summed E-state index contributed by atoms with van der Waals surface area (Å²) in [5.74, 6) is -1.73. The number of benzene rings is 1. The number of hydrogen-bond acceptors (Lipinski definition) is 3. The van der Waals surface area contributed by atoms with Gasteiger partial charge < -0.3 is 14.6 Å². The molecule has 0 saturated heterocycles. The van der Waals surface area contributed by atoms with Crippen molar-refractivity contribution in [3.8, 4) is 5.75 Å². The Balaban J connectivity index is 3.02. The first-order chi connectivity index (χ1) is 8.75. The summed E-state index contributed by atoms with van der Waals surface area (Å²) in [7, 11) is 1.24. The molecule has 0 aromatic heterocycles. The molecule has 1 aromatic rings. The van der Waals surface area contributed by atoms with Crippen molar-refractivity contribution in [2.24, 2.45) is 0 Å². The summed E-state index contributed by atoms with van der Waals surface area (Å²) in [6, 6.07) is 2.42. The van der Waals surface area contributed by atoms with Gasteiger partial charge in [0.1, 0.15) is 5.75 Å². The molecule has 0 bridgehead atoms. The Hall–Kier alpha value is -1.47. The third-order valence-electron chi connectivity index (χ3n) is 2.12. The van der Waals surface area contributed by atoms with Gasteiger partial charge in [-0.25, -0.2) is 4.79 Å². The van der Waals surface area contributed by atoms with Crippen LogP contribution in [0.4, 0.5) is 13.2 Å². The number of ether oxygens (including phenoxy) is 2. The molecule has 0 fully saturated rings. The Labute approximate surface area is 111 Å². The molecular weight excluding hydrogens is 289 g/mol. The number of aliphatic carboxylic acids is 1. The van der Waals surface area contributed by atoms with Crippen molar-refractivity contribution in [1.82, 2.24) is 0 Å². The van der Waals surface area contributed by atoms with Crippen LogP contribution in [0.1, 0.15) is 5.56 Å². The summed E-state index contributed by atoms with van der Waals surface area (Å²) >= 11 is 5.67. The Bertz CT molecular complexity index is 462. The van der Waals surface area contributed by atoms with Gasteiger partial charge in [0, 0.05) is 7.11 Å². The first-order valence-electron chi connectivity index (χ1n) is 5.01. The first kappa shape index (κ1) is 15.6. The molecule has 0 amide bonds. The largest absolute Gasteiger partial charge is 0.478 e. The van der Waals surface area contributed by atoms with Crippen LogP contribution in [0.3, 0.4) is 0 Å². The highest BCUT2D eigenvalue weighted by molar-refractivity contribution is 6.32. The van der Waals surface area contributed by atoms with E-state index in [4.69, 9.17) is 21.4 Å². The summed E-state index contributed by atoms with van der Waals surface area (Å²) in [5.41, 5.74) is -0.978. The Kier molecular flexibility index (Phi) is 5.02. The fraction of sp³-hybridized carbons (Fsp3) is 0.364. The van der Waals surface area contributed by atoms with Crippen LogP contribution in [0.2, 0.25) is 5.02 Å². The topological polar surface area (TPSA) is 55.8 Å². The maximum atomic E-state index is 12.5. The average Bonchev–Trinajstić information content (AvgIpc) is 2.29. The van der Waals surface area contributed by atoms with E-state index in [0.29, 0.717) is 6.07 Å². The lowest BCUT2D eigenvalue weighted by Gasteiger charge is -2.16. The molecule has 1 atom stereocenters. The van der Waals surface area contributed by atoms with Gasteiger partial charge in [-0.05, 0) is 18.2 Å². The van der Waals surface area contributed by atoms with Gasteiger partial charge in [0.2, 0.25) is 6.10 Å². The minimum Gasteiger partial charge on any atom is -0.478 e. The standard InChI is InChI=1S/C11H10ClF3O4/c1-18-5-9(10(16)17)19-8-4-6(11(13,14)15)2-3-7(8)12/h2-4,9H,5H2,1H3,(H,16,17). The summed E-state index contributed by atoms with van der Waals surface area (Å²) in [5, 5.41) is 8.70. The van der Waals surface area contributed by atoms with Gasteiger partial charge in [0.15, 0.2) is 0 Å². The molecule has 4 nitrogen and oxygen atoms in total. The fourth-order valence-corrected chi connectivity index (χ4v) is 1.39. The lowest BCUT2D eigenvalue weighted by molar-refractivity contribution is -0.147. The zero-order valence-electron chi connectivity index (χ0n) is 9.70. The van der Waals surface area contributed by atoms with Gasteiger partial charge in [-0.2, -0.15) is 13.2 Å². The smallest absolute Gasteiger partial charge is 0.416 e. The Morgan fingerprint density at radius 2 is 2.11 bits per heavy atom. The number of methoxy groups -OCH3 is 1. The van der Waals surface area contributed by atoms with Crippen molar-refractivity contribution in [3.05, 3.63) is 28.8 Å². The third-order valence-corrected chi connectivity index (χ3v) is 2.43. The molecule has 1 N–H and O–H groups in total. The Morgan fingerprint density at radius 3 is 2.58 bits per heavy atom. The van der Waals surface area contributed by atoms with Crippen LogP contribution in [0.15, 0.2) is 18.2 Å². The molecule has 0 aliphatic rings. The predicted molar refractivity (Wildman–Crippen MR) is 60.4 cm³/mol. The van der Waals surface area contributed by atoms with E-state index in [1.165, 1.54) is 7.11 Å². The maximum Gasteiger partial charge on any atom is 0.416 e. The molecule has 106 valence electrons. The van der Waals surface area contributed by atoms with Crippen LogP contribution < -0.4 is 4.74 Å². The monoisotopic (exact) mass is 298 g/mol. The van der Waals surface area contributed by atoms with Gasteiger partial charge in [-0.15, -0.1) is 0 Å². The van der Waals surface area contributed by atoms with Crippen LogP contribution in [-0.4, -0.2) is 30.9 Å². The predicted octanol–water partition coefficient (Wildman–Crippen LogP) is 2.84. The van der Waals surface area contributed by atoms with E-state index < -0.39 is 23.8 Å². The minimum atomic E-state index is -4.57. The second kappa shape index (κ2) is 6.12. The molecule has 0 aliphatic carbocycles. The number of carbonyl (C=O) groups is 1. The summed E-state index contributed by atoms with van der Waals surface area (Å²) in [6.45, 7) is -0.318. The van der Waals surface area contributed by atoms with E-state index in [2.05, 4.69) is 4.74 Å². The average molecular weight is 299 g/mol. The number of rotatable bonds is 5. The number of halogens is 4. The van der Waals surface area contributed by atoms with Crippen LogP contribution in [0.25, 0.3) is 0 Å². The van der Waals surface area contributed by atoms with Crippen molar-refractivity contribution < 1.29 is 32.5 Å². The van der Waals surface area contributed by atoms with Crippen molar-refractivity contribution in [3.63, 3.8) is 0 Å². The van der Waals surface area contributed by atoms with E-state index >= 15 is 0 Å². The molecule has 0 saturated carbocycles. The van der Waals surface area contributed by atoms with E-state index in [1.54, 1.807) is 0 Å². The van der Waals surface area contributed by atoms with Crippen LogP contribution >= 0.6 is 11.6 Å². The van der Waals surface area contributed by atoms with Crippen LogP contribution in [0, 0.1) is 0 Å². The van der Waals surface area contributed by atoms with E-state index in [0.717, 1.165) is 12.1 Å². The zero-order chi connectivity index (χ0) is 14.6. The number of alkyl halides is 3. The SMILES string of the molecule is COCC(Oc1cc(C(F)(F)F)ccc1Cl)C(=O)O. The molecule has 0 aliphatic heterocycles. The molecule has 0 radical (unpaired) electrons. The van der Waals surface area contributed by atoms with E-state index in [9.17, 15) is 18.0 Å². The third kappa shape index (κ3) is 4.29. The molecule has 0 heterocycles. The minimum absolute atomic E-state index is 0.115. The highest BCUT2D eigenvalue weighted by Gasteiger charge is 2.32. The Morgan fingerprint density at radius 1 is 1.47 bits per heavy atom. The maximum absolute atomic E-state index is 12.5. The fourth-order valence-electron chi connectivity index (χ4n) is 1.23. The highest BCUT2D eigenvalue weighted by Crippen LogP contribution is 2.35. The van der Waals surface area contributed by atoms with E-state index in [-0.39, 0.29) is 17.4 Å². The van der Waals surface area contributed by atoms with Gasteiger partial charge in [0.25, 0.3) is 0 Å². The van der Waals surface area contributed by atoms with Gasteiger partial charge in [-0.1, -0.05) is 11.6 Å². The van der Waals surface area contributed by atoms with Crippen molar-refractivity contribution in [2.45, 2.75) is 12.3 Å². The van der Waals surface area contributed by atoms with Crippen molar-refractivity contribution in [1.29, 1.82) is 0 Å². The van der Waals surface area contributed by atoms with Gasteiger partial charge in [-0.3, -0.25) is 0 Å². The molecule has 19 heavy (non-hydrogen) atoms. The van der Waals surface area contributed by atoms with Crippen molar-refractivity contribution in [2.75, 3.05) is 13.7 Å². The van der Waals surface area contributed by atoms with Crippen LogP contribution in [0.5, 0.6) is 5.75 Å². The van der Waals surface area contributed by atoms with Gasteiger partial charge in [0.05, 0.1) is 17.2 Å². The first-order valence-corrected chi connectivity index (χ1v) is 5.38. The zero-order valence-corrected chi connectivity index (χ0v) is 10.5. The molecule has 8 heteroatoms. The normalized spacial score (nSPS) is 13.1. The molecule has 1 unspecified atom stereocenters. The summed E-state index contributed by atoms with van der Waals surface area (Å²) < 4.78 is 47.0. The summed E-state index contributed by atoms with van der Waals surface area (Å²) in [6.07, 6.45) is -6.01. The van der Waals surface area contributed by atoms with Crippen molar-refractivity contribution >= 4 is 17.6 Å². The lowest BCUT2D eigenvalue weighted by Crippen LogP contribution is -2.31. The summed E-state index contributed by atoms with van der Waals surface area (Å²) in [4.78, 5) is 10.8. The van der Waals surface area contributed by atoms with Gasteiger partial charge >= 0.3 is 12.1 Å². The molecule has 1 rings (SSSR count). The van der Waals surface area contributed by atoms with Crippen LogP contribution in [-0.2, 0) is 15.7 Å². The second-order valence-corrected chi connectivity index (χ2v) is 3.95. The number of carboxylic acids is 1. The molecule has 0 spiro atoms. The number of carboxylic acid groups (broad SMARTS) is 1. The molecular formula is C11H10ClF3O4. The highest BCUT2D eigenvalue weighted by atomic mass is 35.5. The number of hydrogen-bond donors (Lipinski definition) is 1. The quantitative estimate of drug-likeness (QED) is 0.908. The molecule has 1 aromatic carbocycles. The lowest BCUT2D eigenvalue weighted by atomic mass is 10.2.